The molecule has 1 aliphatic rings. The van der Waals surface area contributed by atoms with Crippen molar-refractivity contribution in [3.8, 4) is 0 Å². The van der Waals surface area contributed by atoms with Crippen LogP contribution in [0.1, 0.15) is 74.3 Å². The number of carbonyl (C=O) groups is 2. The third-order valence-electron chi connectivity index (χ3n) is 5.93. The van der Waals surface area contributed by atoms with Crippen LogP contribution in [-0.2, 0) is 17.6 Å². The van der Waals surface area contributed by atoms with E-state index in [1.807, 2.05) is 52.0 Å². The average Bonchev–Trinajstić information content (AvgIpc) is 2.99. The monoisotopic (exact) mass is 426 g/mol. The molecular formula is C25H34N2O2S. The standard InChI is InChI=1S/C25H34N2O2S/c1-15-8-11-17(12-9-15)26-21(28)20-18-13-10-16(24(2,3)4)14-19(18)30-22(20)27-23(29)25(5,6)7/h8-9,11-12,16H,10,13-14H2,1-7H3,(H,26,28)(H,27,29). The number of hydrogen-bond acceptors (Lipinski definition) is 3. The van der Waals surface area contributed by atoms with Gasteiger partial charge in [-0.05, 0) is 55.2 Å². The molecule has 3 rings (SSSR count). The molecule has 2 aromatic rings. The summed E-state index contributed by atoms with van der Waals surface area (Å²) >= 11 is 1.57. The lowest BCUT2D eigenvalue weighted by atomic mass is 9.72. The van der Waals surface area contributed by atoms with Crippen LogP contribution in [0.4, 0.5) is 10.7 Å². The number of carbonyl (C=O) groups excluding carboxylic acids is 2. The smallest absolute Gasteiger partial charge is 0.258 e. The first-order valence-corrected chi connectivity index (χ1v) is 11.5. The van der Waals surface area contributed by atoms with Crippen LogP contribution in [0, 0.1) is 23.7 Å². The molecule has 1 aromatic heterocycles. The number of benzene rings is 1. The van der Waals surface area contributed by atoms with Crippen molar-refractivity contribution in [1.82, 2.24) is 0 Å². The lowest BCUT2D eigenvalue weighted by molar-refractivity contribution is -0.123. The largest absolute Gasteiger partial charge is 0.322 e. The van der Waals surface area contributed by atoms with Gasteiger partial charge in [0.2, 0.25) is 5.91 Å². The predicted molar refractivity (Wildman–Crippen MR) is 127 cm³/mol. The topological polar surface area (TPSA) is 58.2 Å². The summed E-state index contributed by atoms with van der Waals surface area (Å²) in [5.41, 5.74) is 3.35. The maximum absolute atomic E-state index is 13.3. The molecule has 1 aromatic carbocycles. The fourth-order valence-electron chi connectivity index (χ4n) is 3.77. The molecule has 1 unspecified atom stereocenters. The van der Waals surface area contributed by atoms with Crippen molar-refractivity contribution in [2.24, 2.45) is 16.7 Å². The summed E-state index contributed by atoms with van der Waals surface area (Å²) in [5.74, 6) is 0.357. The Balaban J connectivity index is 1.97. The first-order chi connectivity index (χ1) is 13.9. The van der Waals surface area contributed by atoms with Gasteiger partial charge in [0.05, 0.1) is 5.56 Å². The van der Waals surface area contributed by atoms with Crippen LogP contribution >= 0.6 is 11.3 Å². The quantitative estimate of drug-likeness (QED) is 0.593. The summed E-state index contributed by atoms with van der Waals surface area (Å²) in [6.07, 6.45) is 2.89. The van der Waals surface area contributed by atoms with Crippen molar-refractivity contribution < 1.29 is 9.59 Å². The van der Waals surface area contributed by atoms with E-state index in [0.717, 1.165) is 36.1 Å². The molecule has 4 nitrogen and oxygen atoms in total. The van der Waals surface area contributed by atoms with E-state index < -0.39 is 5.41 Å². The number of hydrogen-bond donors (Lipinski definition) is 2. The maximum Gasteiger partial charge on any atom is 0.258 e. The van der Waals surface area contributed by atoms with Gasteiger partial charge in [-0.25, -0.2) is 0 Å². The van der Waals surface area contributed by atoms with Crippen LogP contribution in [-0.4, -0.2) is 11.8 Å². The van der Waals surface area contributed by atoms with E-state index in [1.165, 1.54) is 4.88 Å². The van der Waals surface area contributed by atoms with Gasteiger partial charge in [0.15, 0.2) is 0 Å². The lowest BCUT2D eigenvalue weighted by Gasteiger charge is -2.33. The van der Waals surface area contributed by atoms with Gasteiger partial charge in [-0.2, -0.15) is 0 Å². The number of amides is 2. The Bertz CT molecular complexity index is 943. The van der Waals surface area contributed by atoms with Gasteiger partial charge >= 0.3 is 0 Å². The van der Waals surface area contributed by atoms with Crippen molar-refractivity contribution in [1.29, 1.82) is 0 Å². The molecule has 0 aliphatic heterocycles. The molecule has 0 spiro atoms. The van der Waals surface area contributed by atoms with Gasteiger partial charge in [0.1, 0.15) is 5.00 Å². The number of thiophene rings is 1. The van der Waals surface area contributed by atoms with Gasteiger partial charge in [0.25, 0.3) is 5.91 Å². The van der Waals surface area contributed by atoms with Crippen LogP contribution < -0.4 is 10.6 Å². The molecular weight excluding hydrogens is 392 g/mol. The van der Waals surface area contributed by atoms with Gasteiger partial charge in [-0.1, -0.05) is 59.2 Å². The van der Waals surface area contributed by atoms with Crippen molar-refractivity contribution in [2.45, 2.75) is 67.7 Å². The third kappa shape index (κ3) is 4.94. The fraction of sp³-hybridized carbons (Fsp3) is 0.520. The first-order valence-electron chi connectivity index (χ1n) is 10.7. The lowest BCUT2D eigenvalue weighted by Crippen LogP contribution is -2.28. The Morgan fingerprint density at radius 3 is 2.20 bits per heavy atom. The second-order valence-corrected chi connectivity index (χ2v) is 11.6. The molecule has 2 amide bonds. The SMILES string of the molecule is Cc1ccc(NC(=O)c2c(NC(=O)C(C)(C)C)sc3c2CCC(C(C)(C)C)C3)cc1. The van der Waals surface area contributed by atoms with E-state index in [0.29, 0.717) is 16.5 Å². The molecule has 1 aliphatic carbocycles. The molecule has 0 radical (unpaired) electrons. The molecule has 162 valence electrons. The highest BCUT2D eigenvalue weighted by molar-refractivity contribution is 7.17. The first kappa shape index (κ1) is 22.5. The summed E-state index contributed by atoms with van der Waals surface area (Å²) in [6.45, 7) is 14.5. The molecule has 1 atom stereocenters. The van der Waals surface area contributed by atoms with Crippen molar-refractivity contribution >= 4 is 33.8 Å². The maximum atomic E-state index is 13.3. The Morgan fingerprint density at radius 1 is 1.00 bits per heavy atom. The Morgan fingerprint density at radius 2 is 1.63 bits per heavy atom. The van der Waals surface area contributed by atoms with Gasteiger partial charge in [-0.3, -0.25) is 9.59 Å². The average molecular weight is 427 g/mol. The number of rotatable bonds is 3. The Kier molecular flexibility index (Phi) is 6.15. The predicted octanol–water partition coefficient (Wildman–Crippen LogP) is 6.44. The van der Waals surface area contributed by atoms with E-state index in [-0.39, 0.29) is 17.2 Å². The van der Waals surface area contributed by atoms with E-state index in [9.17, 15) is 9.59 Å². The van der Waals surface area contributed by atoms with Crippen LogP contribution in [0.3, 0.4) is 0 Å². The second kappa shape index (κ2) is 8.18. The summed E-state index contributed by atoms with van der Waals surface area (Å²) in [6, 6.07) is 7.79. The molecule has 1 heterocycles. The van der Waals surface area contributed by atoms with Crippen LogP contribution in [0.2, 0.25) is 0 Å². The van der Waals surface area contributed by atoms with Crippen LogP contribution in [0.15, 0.2) is 24.3 Å². The normalized spacial score (nSPS) is 16.7. The number of aryl methyl sites for hydroxylation is 1. The molecule has 5 heteroatoms. The minimum Gasteiger partial charge on any atom is -0.322 e. The molecule has 0 saturated carbocycles. The zero-order chi connectivity index (χ0) is 22.3. The number of anilines is 2. The summed E-state index contributed by atoms with van der Waals surface area (Å²) in [7, 11) is 0. The molecule has 0 bridgehead atoms. The number of fused-ring (bicyclic) bond motifs is 1. The van der Waals surface area contributed by atoms with Crippen LogP contribution in [0.5, 0.6) is 0 Å². The van der Waals surface area contributed by atoms with Crippen LogP contribution in [0.25, 0.3) is 0 Å². The zero-order valence-electron chi connectivity index (χ0n) is 19.2. The Labute approximate surface area is 184 Å². The summed E-state index contributed by atoms with van der Waals surface area (Å²) in [5, 5.41) is 6.77. The van der Waals surface area contributed by atoms with Crippen molar-refractivity contribution in [3.05, 3.63) is 45.8 Å². The minimum absolute atomic E-state index is 0.0714. The molecule has 0 fully saturated rings. The van der Waals surface area contributed by atoms with Crippen molar-refractivity contribution in [3.63, 3.8) is 0 Å². The summed E-state index contributed by atoms with van der Waals surface area (Å²) in [4.78, 5) is 27.2. The Hall–Kier alpha value is -2.14. The third-order valence-corrected chi connectivity index (χ3v) is 7.10. The van der Waals surface area contributed by atoms with Crippen molar-refractivity contribution in [2.75, 3.05) is 10.6 Å². The van der Waals surface area contributed by atoms with Gasteiger partial charge in [-0.15, -0.1) is 11.3 Å². The highest BCUT2D eigenvalue weighted by atomic mass is 32.1. The molecule has 0 saturated heterocycles. The van der Waals surface area contributed by atoms with Gasteiger partial charge < -0.3 is 10.6 Å². The fourth-order valence-corrected chi connectivity index (χ4v) is 5.09. The molecule has 2 N–H and O–H groups in total. The molecule has 30 heavy (non-hydrogen) atoms. The van der Waals surface area contributed by atoms with E-state index in [2.05, 4.69) is 31.4 Å². The minimum atomic E-state index is -0.525. The van der Waals surface area contributed by atoms with E-state index in [4.69, 9.17) is 0 Å². The van der Waals surface area contributed by atoms with E-state index >= 15 is 0 Å². The van der Waals surface area contributed by atoms with E-state index in [1.54, 1.807) is 11.3 Å². The zero-order valence-corrected chi connectivity index (χ0v) is 20.0. The second-order valence-electron chi connectivity index (χ2n) is 10.5. The highest BCUT2D eigenvalue weighted by Crippen LogP contribution is 2.44. The number of nitrogens with one attached hydrogen (secondary N) is 2. The van der Waals surface area contributed by atoms with Gasteiger partial charge in [0, 0.05) is 16.0 Å². The summed E-state index contributed by atoms with van der Waals surface area (Å²) < 4.78 is 0. The highest BCUT2D eigenvalue weighted by Gasteiger charge is 2.34.